The van der Waals surface area contributed by atoms with E-state index in [1.807, 2.05) is 13.8 Å². The van der Waals surface area contributed by atoms with Crippen molar-refractivity contribution in [2.75, 3.05) is 0 Å². The van der Waals surface area contributed by atoms with Crippen LogP contribution in [-0.2, 0) is 0 Å². The van der Waals surface area contributed by atoms with Crippen LogP contribution in [0.2, 0.25) is 0 Å². The molecule has 0 radical (unpaired) electrons. The molecule has 1 unspecified atom stereocenters. The molecule has 0 spiro atoms. The van der Waals surface area contributed by atoms with Crippen LogP contribution in [0.5, 0.6) is 0 Å². The number of carbonyl (C=O) groups is 1. The number of aromatic nitrogens is 2. The first-order valence-corrected chi connectivity index (χ1v) is 5.52. The molecule has 1 atom stereocenters. The third-order valence-corrected chi connectivity index (χ3v) is 3.00. The maximum atomic E-state index is 11.8. The Balaban J connectivity index is 2.73. The summed E-state index contributed by atoms with van der Waals surface area (Å²) in [6.45, 7) is 3.92. The van der Waals surface area contributed by atoms with E-state index in [0.29, 0.717) is 11.0 Å². The number of nitrogens with one attached hydrogen (secondary N) is 1. The van der Waals surface area contributed by atoms with Gasteiger partial charge in [-0.1, -0.05) is 6.92 Å². The molecule has 1 aromatic heterocycles. The number of carboxylic acids is 1. The van der Waals surface area contributed by atoms with Gasteiger partial charge in [0.1, 0.15) is 0 Å². The summed E-state index contributed by atoms with van der Waals surface area (Å²) in [6, 6.07) is 4.68. The normalized spacial score (nSPS) is 12.8. The summed E-state index contributed by atoms with van der Waals surface area (Å²) in [7, 11) is 0. The van der Waals surface area contributed by atoms with Crippen molar-refractivity contribution in [3.63, 3.8) is 0 Å². The highest BCUT2D eigenvalue weighted by atomic mass is 16.4. The molecule has 1 heterocycles. The molecule has 1 aromatic carbocycles. The van der Waals surface area contributed by atoms with E-state index in [0.717, 1.165) is 6.42 Å². The molecule has 0 bridgehead atoms. The number of aromatic amines is 1. The third-order valence-electron chi connectivity index (χ3n) is 3.00. The summed E-state index contributed by atoms with van der Waals surface area (Å²) in [5.41, 5.74) is 1.30. The van der Waals surface area contributed by atoms with E-state index in [1.165, 1.54) is 12.1 Å². The SMILES string of the molecule is CCC(C)n1c(=O)[nH]c2ccc(C(=O)O)cc21. The second-order valence-corrected chi connectivity index (χ2v) is 4.09. The summed E-state index contributed by atoms with van der Waals surface area (Å²) in [4.78, 5) is 25.4. The highest BCUT2D eigenvalue weighted by Gasteiger charge is 2.13. The zero-order valence-corrected chi connectivity index (χ0v) is 9.73. The van der Waals surface area contributed by atoms with Gasteiger partial charge in [-0.05, 0) is 31.5 Å². The van der Waals surface area contributed by atoms with E-state index < -0.39 is 5.97 Å². The first-order chi connectivity index (χ1) is 8.04. The minimum Gasteiger partial charge on any atom is -0.478 e. The summed E-state index contributed by atoms with van der Waals surface area (Å²) >= 11 is 0. The smallest absolute Gasteiger partial charge is 0.335 e. The van der Waals surface area contributed by atoms with Gasteiger partial charge in [0, 0.05) is 6.04 Å². The summed E-state index contributed by atoms with van der Waals surface area (Å²) in [5, 5.41) is 8.94. The van der Waals surface area contributed by atoms with Crippen LogP contribution in [0.3, 0.4) is 0 Å². The van der Waals surface area contributed by atoms with Gasteiger partial charge in [-0.15, -0.1) is 0 Å². The van der Waals surface area contributed by atoms with Crippen LogP contribution in [0.25, 0.3) is 11.0 Å². The summed E-state index contributed by atoms with van der Waals surface area (Å²) in [6.07, 6.45) is 0.810. The average Bonchev–Trinajstić information content (AvgIpc) is 2.62. The molecule has 0 aliphatic carbocycles. The number of rotatable bonds is 3. The quantitative estimate of drug-likeness (QED) is 0.852. The molecule has 2 rings (SSSR count). The van der Waals surface area contributed by atoms with Crippen LogP contribution in [0.15, 0.2) is 23.0 Å². The van der Waals surface area contributed by atoms with Crippen molar-refractivity contribution in [3.8, 4) is 0 Å². The Labute approximate surface area is 97.7 Å². The maximum absolute atomic E-state index is 11.8. The Hall–Kier alpha value is -2.04. The van der Waals surface area contributed by atoms with E-state index >= 15 is 0 Å². The molecule has 0 aliphatic rings. The standard InChI is InChI=1S/C12H14N2O3/c1-3-7(2)14-10-6-8(11(15)16)4-5-9(10)13-12(14)17/h4-7H,3H2,1-2H3,(H,13,17)(H,15,16). The predicted molar refractivity (Wildman–Crippen MR) is 64.5 cm³/mol. The van der Waals surface area contributed by atoms with Crippen molar-refractivity contribution in [1.29, 1.82) is 0 Å². The number of fused-ring (bicyclic) bond motifs is 1. The van der Waals surface area contributed by atoms with Gasteiger partial charge >= 0.3 is 11.7 Å². The van der Waals surface area contributed by atoms with Crippen LogP contribution < -0.4 is 5.69 Å². The van der Waals surface area contributed by atoms with Gasteiger partial charge in [0.05, 0.1) is 16.6 Å². The average molecular weight is 234 g/mol. The topological polar surface area (TPSA) is 75.1 Å². The molecular weight excluding hydrogens is 220 g/mol. The van der Waals surface area contributed by atoms with Gasteiger partial charge in [-0.2, -0.15) is 0 Å². The molecular formula is C12H14N2O3. The first kappa shape index (κ1) is 11.4. The molecule has 5 heteroatoms. The molecule has 0 saturated heterocycles. The fraction of sp³-hybridized carbons (Fsp3) is 0.333. The van der Waals surface area contributed by atoms with Crippen molar-refractivity contribution in [3.05, 3.63) is 34.2 Å². The lowest BCUT2D eigenvalue weighted by Crippen LogP contribution is -2.19. The molecule has 0 amide bonds. The van der Waals surface area contributed by atoms with Crippen LogP contribution in [0.4, 0.5) is 0 Å². The summed E-state index contributed by atoms with van der Waals surface area (Å²) < 4.78 is 1.60. The predicted octanol–water partition coefficient (Wildman–Crippen LogP) is 2.00. The summed E-state index contributed by atoms with van der Waals surface area (Å²) in [5.74, 6) is -0.990. The second kappa shape index (κ2) is 4.08. The Kier molecular flexibility index (Phi) is 2.75. The molecule has 0 saturated carbocycles. The van der Waals surface area contributed by atoms with Crippen molar-refractivity contribution >= 4 is 17.0 Å². The minimum absolute atomic E-state index is 0.0419. The van der Waals surface area contributed by atoms with Crippen LogP contribution in [-0.4, -0.2) is 20.6 Å². The molecule has 2 aromatic rings. The van der Waals surface area contributed by atoms with Gasteiger partial charge in [0.15, 0.2) is 0 Å². The van der Waals surface area contributed by atoms with E-state index in [-0.39, 0.29) is 17.3 Å². The molecule has 90 valence electrons. The number of imidazole rings is 1. The van der Waals surface area contributed by atoms with E-state index in [4.69, 9.17) is 5.11 Å². The number of aromatic carboxylic acids is 1. The van der Waals surface area contributed by atoms with Crippen LogP contribution in [0, 0.1) is 0 Å². The van der Waals surface area contributed by atoms with Gasteiger partial charge in [0.25, 0.3) is 0 Å². The van der Waals surface area contributed by atoms with E-state index in [1.54, 1.807) is 10.6 Å². The van der Waals surface area contributed by atoms with Crippen molar-refractivity contribution in [2.24, 2.45) is 0 Å². The Morgan fingerprint density at radius 3 is 2.82 bits per heavy atom. The molecule has 0 aliphatic heterocycles. The third kappa shape index (κ3) is 1.84. The Morgan fingerprint density at radius 2 is 2.24 bits per heavy atom. The van der Waals surface area contributed by atoms with Crippen LogP contribution in [0.1, 0.15) is 36.7 Å². The molecule has 2 N–H and O–H groups in total. The van der Waals surface area contributed by atoms with Crippen molar-refractivity contribution in [1.82, 2.24) is 9.55 Å². The highest BCUT2D eigenvalue weighted by molar-refractivity contribution is 5.92. The fourth-order valence-electron chi connectivity index (χ4n) is 1.87. The van der Waals surface area contributed by atoms with Gasteiger partial charge in [-0.3, -0.25) is 4.57 Å². The minimum atomic E-state index is -0.990. The number of hydrogen-bond donors (Lipinski definition) is 2. The number of benzene rings is 1. The second-order valence-electron chi connectivity index (χ2n) is 4.09. The fourth-order valence-corrected chi connectivity index (χ4v) is 1.87. The largest absolute Gasteiger partial charge is 0.478 e. The van der Waals surface area contributed by atoms with Gasteiger partial charge in [0.2, 0.25) is 0 Å². The van der Waals surface area contributed by atoms with Crippen molar-refractivity contribution < 1.29 is 9.90 Å². The number of nitrogens with zero attached hydrogens (tertiary/aromatic N) is 1. The van der Waals surface area contributed by atoms with Crippen molar-refractivity contribution in [2.45, 2.75) is 26.3 Å². The lowest BCUT2D eigenvalue weighted by atomic mass is 10.2. The van der Waals surface area contributed by atoms with E-state index in [9.17, 15) is 9.59 Å². The lowest BCUT2D eigenvalue weighted by molar-refractivity contribution is 0.0697. The van der Waals surface area contributed by atoms with Gasteiger partial charge < -0.3 is 10.1 Å². The number of carboxylic acid groups (broad SMARTS) is 1. The van der Waals surface area contributed by atoms with E-state index in [2.05, 4.69) is 4.98 Å². The first-order valence-electron chi connectivity index (χ1n) is 5.52. The number of hydrogen-bond acceptors (Lipinski definition) is 2. The maximum Gasteiger partial charge on any atom is 0.335 e. The zero-order chi connectivity index (χ0) is 12.6. The molecule has 0 fully saturated rings. The Bertz CT molecular complexity index is 624. The highest BCUT2D eigenvalue weighted by Crippen LogP contribution is 2.18. The number of H-pyrrole nitrogens is 1. The van der Waals surface area contributed by atoms with Gasteiger partial charge in [-0.25, -0.2) is 9.59 Å². The monoisotopic (exact) mass is 234 g/mol. The lowest BCUT2D eigenvalue weighted by Gasteiger charge is -2.10. The zero-order valence-electron chi connectivity index (χ0n) is 9.73. The molecule has 17 heavy (non-hydrogen) atoms. The Morgan fingerprint density at radius 1 is 1.53 bits per heavy atom. The molecule has 5 nitrogen and oxygen atoms in total. The van der Waals surface area contributed by atoms with Crippen LogP contribution >= 0.6 is 0 Å².